The van der Waals surface area contributed by atoms with Gasteiger partial charge in [0.2, 0.25) is 0 Å². The molecule has 0 aliphatic rings. The molecule has 1 heterocycles. The normalized spacial score (nSPS) is 10.8. The fourth-order valence-electron chi connectivity index (χ4n) is 3.61. The lowest BCUT2D eigenvalue weighted by molar-refractivity contribution is 0.102. The Morgan fingerprint density at radius 2 is 1.57 bits per heavy atom. The van der Waals surface area contributed by atoms with Gasteiger partial charge in [0.25, 0.3) is 5.91 Å². The predicted octanol–water partition coefficient (Wildman–Crippen LogP) is 6.02. The zero-order chi connectivity index (χ0) is 19.5. The summed E-state index contributed by atoms with van der Waals surface area (Å²) >= 11 is 0. The third kappa shape index (κ3) is 3.27. The first-order valence-corrected chi connectivity index (χ1v) is 9.53. The summed E-state index contributed by atoms with van der Waals surface area (Å²) in [6, 6.07) is 25.8. The Labute approximate surface area is 165 Å². The van der Waals surface area contributed by atoms with E-state index in [2.05, 4.69) is 12.2 Å². The van der Waals surface area contributed by atoms with Gasteiger partial charge in [0.05, 0.1) is 16.8 Å². The largest absolute Gasteiger partial charge is 0.322 e. The fourth-order valence-corrected chi connectivity index (χ4v) is 3.61. The molecule has 1 amide bonds. The lowest BCUT2D eigenvalue weighted by Crippen LogP contribution is -2.16. The number of nitrogens with one attached hydrogen (secondary N) is 1. The molecule has 0 atom stereocenters. The third-order valence-electron chi connectivity index (χ3n) is 5.06. The van der Waals surface area contributed by atoms with Gasteiger partial charge in [-0.2, -0.15) is 0 Å². The molecule has 0 fully saturated rings. The van der Waals surface area contributed by atoms with Crippen molar-refractivity contribution in [3.8, 4) is 11.3 Å². The van der Waals surface area contributed by atoms with Crippen LogP contribution in [-0.4, -0.2) is 10.9 Å². The molecule has 0 aliphatic heterocycles. The summed E-state index contributed by atoms with van der Waals surface area (Å²) in [4.78, 5) is 18.2. The molecule has 1 aromatic heterocycles. The zero-order valence-corrected chi connectivity index (χ0v) is 16.1. The molecule has 0 unspecified atom stereocenters. The van der Waals surface area contributed by atoms with E-state index in [0.29, 0.717) is 5.56 Å². The highest BCUT2D eigenvalue weighted by atomic mass is 16.1. The maximum absolute atomic E-state index is 13.4. The quantitative estimate of drug-likeness (QED) is 0.479. The average Bonchev–Trinajstić information content (AvgIpc) is 2.74. The van der Waals surface area contributed by atoms with E-state index in [0.717, 1.165) is 45.4 Å². The van der Waals surface area contributed by atoms with Crippen LogP contribution < -0.4 is 5.32 Å². The average molecular weight is 366 g/mol. The van der Waals surface area contributed by atoms with Crippen LogP contribution in [0, 0.1) is 6.92 Å². The highest BCUT2D eigenvalue weighted by Gasteiger charge is 2.19. The molecule has 0 bridgehead atoms. The van der Waals surface area contributed by atoms with Crippen LogP contribution in [0.1, 0.15) is 28.4 Å². The van der Waals surface area contributed by atoms with Crippen LogP contribution in [-0.2, 0) is 6.42 Å². The van der Waals surface area contributed by atoms with Gasteiger partial charge >= 0.3 is 0 Å². The maximum Gasteiger partial charge on any atom is 0.256 e. The van der Waals surface area contributed by atoms with Crippen LogP contribution in [0.5, 0.6) is 0 Å². The van der Waals surface area contributed by atoms with Crippen LogP contribution in [0.2, 0.25) is 0 Å². The first kappa shape index (κ1) is 17.9. The monoisotopic (exact) mass is 366 g/mol. The van der Waals surface area contributed by atoms with Crippen LogP contribution in [0.4, 0.5) is 5.69 Å². The number of aromatic nitrogens is 1. The van der Waals surface area contributed by atoms with E-state index in [1.54, 1.807) is 0 Å². The molecule has 3 nitrogen and oxygen atoms in total. The van der Waals surface area contributed by atoms with Crippen molar-refractivity contribution in [3.63, 3.8) is 0 Å². The first-order valence-electron chi connectivity index (χ1n) is 9.53. The number of anilines is 1. The SMILES string of the molecule is CCc1ccccc1NC(=O)c1c(C)c(-c2ccccc2)nc2ccccc12. The summed E-state index contributed by atoms with van der Waals surface area (Å²) < 4.78 is 0. The molecular weight excluding hydrogens is 344 g/mol. The van der Waals surface area contributed by atoms with Gasteiger partial charge in [-0.05, 0) is 36.6 Å². The van der Waals surface area contributed by atoms with Crippen molar-refractivity contribution in [2.45, 2.75) is 20.3 Å². The van der Waals surface area contributed by atoms with Crippen molar-refractivity contribution in [2.75, 3.05) is 5.32 Å². The lowest BCUT2D eigenvalue weighted by Gasteiger charge is -2.16. The van der Waals surface area contributed by atoms with Gasteiger partial charge in [-0.3, -0.25) is 4.79 Å². The standard InChI is InChI=1S/C25H22N2O/c1-3-18-11-7-9-15-21(18)27-25(28)23-17(2)24(19-12-5-4-6-13-19)26-22-16-10-8-14-20(22)23/h4-16H,3H2,1-2H3,(H,27,28). The minimum atomic E-state index is -0.103. The molecule has 0 aliphatic carbocycles. The highest BCUT2D eigenvalue weighted by Crippen LogP contribution is 2.30. The second-order valence-corrected chi connectivity index (χ2v) is 6.81. The summed E-state index contributed by atoms with van der Waals surface area (Å²) in [6.45, 7) is 4.06. The lowest BCUT2D eigenvalue weighted by atomic mass is 9.97. The highest BCUT2D eigenvalue weighted by molar-refractivity contribution is 6.14. The Bertz CT molecular complexity index is 1150. The van der Waals surface area contributed by atoms with Gasteiger partial charge in [0.15, 0.2) is 0 Å². The van der Waals surface area contributed by atoms with Crippen molar-refractivity contribution < 1.29 is 4.79 Å². The minimum absolute atomic E-state index is 0.103. The Morgan fingerprint density at radius 1 is 0.893 bits per heavy atom. The number of carbonyl (C=O) groups excluding carboxylic acids is 1. The van der Waals surface area contributed by atoms with Gasteiger partial charge < -0.3 is 5.32 Å². The van der Waals surface area contributed by atoms with Crippen LogP contribution in [0.3, 0.4) is 0 Å². The number of carbonyl (C=O) groups is 1. The first-order chi connectivity index (χ1) is 13.7. The van der Waals surface area contributed by atoms with Crippen LogP contribution in [0.25, 0.3) is 22.2 Å². The summed E-state index contributed by atoms with van der Waals surface area (Å²) in [6.07, 6.45) is 0.863. The van der Waals surface area contributed by atoms with Gasteiger partial charge in [-0.25, -0.2) is 4.98 Å². The number of para-hydroxylation sites is 2. The Morgan fingerprint density at radius 3 is 2.36 bits per heavy atom. The molecule has 3 aromatic carbocycles. The van der Waals surface area contributed by atoms with E-state index < -0.39 is 0 Å². The van der Waals surface area contributed by atoms with Crippen LogP contribution in [0.15, 0.2) is 78.9 Å². The summed E-state index contributed by atoms with van der Waals surface area (Å²) in [5.74, 6) is -0.103. The maximum atomic E-state index is 13.4. The number of rotatable bonds is 4. The predicted molar refractivity (Wildman–Crippen MR) is 116 cm³/mol. The van der Waals surface area contributed by atoms with E-state index in [9.17, 15) is 4.79 Å². The molecule has 4 rings (SSSR count). The number of amides is 1. The summed E-state index contributed by atoms with van der Waals surface area (Å²) in [5.41, 5.74) is 6.21. The topological polar surface area (TPSA) is 42.0 Å². The third-order valence-corrected chi connectivity index (χ3v) is 5.06. The second kappa shape index (κ2) is 7.65. The van der Waals surface area contributed by atoms with Gasteiger partial charge in [-0.15, -0.1) is 0 Å². The van der Waals surface area contributed by atoms with Crippen molar-refractivity contribution in [1.82, 2.24) is 4.98 Å². The molecule has 1 N–H and O–H groups in total. The molecule has 0 saturated carbocycles. The Balaban J connectivity index is 1.88. The Kier molecular flexibility index (Phi) is 4.90. The van der Waals surface area contributed by atoms with Gasteiger partial charge in [0.1, 0.15) is 0 Å². The van der Waals surface area contributed by atoms with Crippen molar-refractivity contribution in [2.24, 2.45) is 0 Å². The molecule has 138 valence electrons. The van der Waals surface area contributed by atoms with E-state index >= 15 is 0 Å². The Hall–Kier alpha value is -3.46. The summed E-state index contributed by atoms with van der Waals surface area (Å²) in [7, 11) is 0. The number of benzene rings is 3. The zero-order valence-electron chi connectivity index (χ0n) is 16.1. The number of hydrogen-bond donors (Lipinski definition) is 1. The molecule has 3 heteroatoms. The second-order valence-electron chi connectivity index (χ2n) is 6.81. The van der Waals surface area contributed by atoms with Gasteiger partial charge in [0, 0.05) is 16.6 Å². The number of pyridine rings is 1. The molecule has 0 radical (unpaired) electrons. The number of fused-ring (bicyclic) bond motifs is 1. The van der Waals surface area contributed by atoms with Crippen molar-refractivity contribution in [3.05, 3.63) is 95.6 Å². The number of nitrogens with zero attached hydrogens (tertiary/aromatic N) is 1. The summed E-state index contributed by atoms with van der Waals surface area (Å²) in [5, 5.41) is 3.99. The molecular formula is C25H22N2O. The number of aryl methyl sites for hydroxylation is 1. The smallest absolute Gasteiger partial charge is 0.256 e. The molecule has 0 saturated heterocycles. The van der Waals surface area contributed by atoms with E-state index in [4.69, 9.17) is 4.98 Å². The van der Waals surface area contributed by atoms with E-state index in [-0.39, 0.29) is 5.91 Å². The molecule has 28 heavy (non-hydrogen) atoms. The van der Waals surface area contributed by atoms with Crippen LogP contribution >= 0.6 is 0 Å². The number of hydrogen-bond acceptors (Lipinski definition) is 2. The minimum Gasteiger partial charge on any atom is -0.322 e. The van der Waals surface area contributed by atoms with E-state index in [1.165, 1.54) is 0 Å². The van der Waals surface area contributed by atoms with Gasteiger partial charge in [-0.1, -0.05) is 73.7 Å². The molecule has 4 aromatic rings. The van der Waals surface area contributed by atoms with Crippen molar-refractivity contribution >= 4 is 22.5 Å². The fraction of sp³-hybridized carbons (Fsp3) is 0.120. The van der Waals surface area contributed by atoms with Crippen molar-refractivity contribution in [1.29, 1.82) is 0 Å². The van der Waals surface area contributed by atoms with E-state index in [1.807, 2.05) is 85.8 Å². The molecule has 0 spiro atoms.